The van der Waals surface area contributed by atoms with Gasteiger partial charge in [-0.3, -0.25) is 0 Å². The quantitative estimate of drug-likeness (QED) is 0.633. The van der Waals surface area contributed by atoms with Crippen molar-refractivity contribution in [3.63, 3.8) is 0 Å². The fraction of sp³-hybridized carbons (Fsp3) is 0.133. The van der Waals surface area contributed by atoms with Gasteiger partial charge in [-0.15, -0.1) is 11.8 Å². The zero-order valence-corrected chi connectivity index (χ0v) is 12.5. The first-order valence-corrected chi connectivity index (χ1v) is 7.46. The highest BCUT2D eigenvalue weighted by molar-refractivity contribution is 7.99. The molecule has 3 nitrogen and oxygen atoms in total. The molecule has 0 amide bonds. The van der Waals surface area contributed by atoms with Crippen molar-refractivity contribution in [3.05, 3.63) is 58.9 Å². The predicted octanol–water partition coefficient (Wildman–Crippen LogP) is 4.35. The topological polar surface area (TPSA) is 46.5 Å². The number of rotatable bonds is 6. The predicted molar refractivity (Wildman–Crippen MR) is 81.0 cm³/mol. The van der Waals surface area contributed by atoms with Gasteiger partial charge in [-0.1, -0.05) is 17.7 Å². The van der Waals surface area contributed by atoms with Gasteiger partial charge in [0.25, 0.3) is 0 Å². The summed E-state index contributed by atoms with van der Waals surface area (Å²) in [6.45, 7) is 0.435. The molecule has 0 saturated carbocycles. The first kappa shape index (κ1) is 15.7. The Morgan fingerprint density at radius 1 is 1.29 bits per heavy atom. The number of aromatic carboxylic acids is 1. The van der Waals surface area contributed by atoms with Crippen LogP contribution in [0.15, 0.2) is 47.4 Å². The summed E-state index contributed by atoms with van der Waals surface area (Å²) < 4.78 is 18.8. The van der Waals surface area contributed by atoms with E-state index < -0.39 is 11.8 Å². The Labute approximate surface area is 130 Å². The van der Waals surface area contributed by atoms with E-state index in [1.807, 2.05) is 0 Å². The largest absolute Gasteiger partial charge is 0.493 e. The highest BCUT2D eigenvalue weighted by Gasteiger charge is 2.10. The average molecular weight is 327 g/mol. The Morgan fingerprint density at radius 2 is 2.10 bits per heavy atom. The maximum absolute atomic E-state index is 13.2. The van der Waals surface area contributed by atoms with Crippen LogP contribution < -0.4 is 4.74 Å². The number of carboxylic acids is 1. The SMILES string of the molecule is O=C(O)c1cc(SCCOc2cccc(Cl)c2)ccc1F. The fourth-order valence-corrected chi connectivity index (χ4v) is 2.58. The summed E-state index contributed by atoms with van der Waals surface area (Å²) in [5.41, 5.74) is -0.323. The molecular formula is C15H12ClFO3S. The van der Waals surface area contributed by atoms with E-state index in [1.54, 1.807) is 30.3 Å². The van der Waals surface area contributed by atoms with Crippen molar-refractivity contribution in [2.45, 2.75) is 4.90 Å². The smallest absolute Gasteiger partial charge is 0.338 e. The van der Waals surface area contributed by atoms with E-state index in [2.05, 4.69) is 0 Å². The molecule has 6 heteroatoms. The van der Waals surface area contributed by atoms with E-state index >= 15 is 0 Å². The van der Waals surface area contributed by atoms with Crippen LogP contribution in [-0.2, 0) is 0 Å². The standard InChI is InChI=1S/C15H12ClFO3S/c16-10-2-1-3-11(8-10)20-6-7-21-12-4-5-14(17)13(9-12)15(18)19/h1-5,8-9H,6-7H2,(H,18,19). The van der Waals surface area contributed by atoms with Crippen LogP contribution in [0.3, 0.4) is 0 Å². The molecule has 0 atom stereocenters. The maximum Gasteiger partial charge on any atom is 0.338 e. The first-order chi connectivity index (χ1) is 10.1. The normalized spacial score (nSPS) is 10.4. The maximum atomic E-state index is 13.2. The van der Waals surface area contributed by atoms with E-state index in [4.69, 9.17) is 21.4 Å². The second-order valence-corrected chi connectivity index (χ2v) is 5.71. The van der Waals surface area contributed by atoms with Crippen LogP contribution in [0.25, 0.3) is 0 Å². The van der Waals surface area contributed by atoms with Gasteiger partial charge in [0.15, 0.2) is 0 Å². The van der Waals surface area contributed by atoms with Crippen LogP contribution in [0.5, 0.6) is 5.75 Å². The van der Waals surface area contributed by atoms with Gasteiger partial charge >= 0.3 is 5.97 Å². The number of carbonyl (C=O) groups is 1. The van der Waals surface area contributed by atoms with E-state index in [-0.39, 0.29) is 5.56 Å². The molecule has 2 rings (SSSR count). The van der Waals surface area contributed by atoms with Gasteiger partial charge in [-0.25, -0.2) is 9.18 Å². The van der Waals surface area contributed by atoms with E-state index in [9.17, 15) is 9.18 Å². The zero-order valence-electron chi connectivity index (χ0n) is 10.9. The minimum Gasteiger partial charge on any atom is -0.493 e. The summed E-state index contributed by atoms with van der Waals surface area (Å²) in [6, 6.07) is 11.1. The minimum absolute atomic E-state index is 0.323. The Balaban J connectivity index is 1.86. The van der Waals surface area contributed by atoms with Gasteiger partial charge in [0.2, 0.25) is 0 Å². The van der Waals surface area contributed by atoms with E-state index in [1.165, 1.54) is 17.8 Å². The molecular weight excluding hydrogens is 315 g/mol. The number of hydrogen-bond donors (Lipinski definition) is 1. The molecule has 0 spiro atoms. The van der Waals surface area contributed by atoms with Crippen molar-refractivity contribution < 1.29 is 19.0 Å². The third-order valence-electron chi connectivity index (χ3n) is 2.59. The fourth-order valence-electron chi connectivity index (χ4n) is 1.63. The Bertz CT molecular complexity index is 649. The molecule has 0 aliphatic carbocycles. The molecule has 0 bridgehead atoms. The van der Waals surface area contributed by atoms with Gasteiger partial charge < -0.3 is 9.84 Å². The molecule has 21 heavy (non-hydrogen) atoms. The van der Waals surface area contributed by atoms with Crippen molar-refractivity contribution >= 4 is 29.3 Å². The molecule has 0 unspecified atom stereocenters. The molecule has 110 valence electrons. The van der Waals surface area contributed by atoms with Crippen LogP contribution in [0.2, 0.25) is 5.02 Å². The lowest BCUT2D eigenvalue weighted by atomic mass is 10.2. The second-order valence-electron chi connectivity index (χ2n) is 4.10. The van der Waals surface area contributed by atoms with Gasteiger partial charge in [0, 0.05) is 15.7 Å². The summed E-state index contributed by atoms with van der Waals surface area (Å²) in [6.07, 6.45) is 0. The molecule has 0 radical (unpaired) electrons. The van der Waals surface area contributed by atoms with Crippen molar-refractivity contribution in [1.29, 1.82) is 0 Å². The van der Waals surface area contributed by atoms with Crippen LogP contribution in [0, 0.1) is 5.82 Å². The van der Waals surface area contributed by atoms with Gasteiger partial charge in [-0.2, -0.15) is 0 Å². The van der Waals surface area contributed by atoms with Crippen molar-refractivity contribution in [1.82, 2.24) is 0 Å². The lowest BCUT2D eigenvalue weighted by Gasteiger charge is -2.07. The molecule has 2 aromatic carbocycles. The molecule has 2 aromatic rings. The van der Waals surface area contributed by atoms with Gasteiger partial charge in [0.1, 0.15) is 11.6 Å². The number of thioether (sulfide) groups is 1. The third-order valence-corrected chi connectivity index (χ3v) is 3.78. The van der Waals surface area contributed by atoms with Crippen LogP contribution >= 0.6 is 23.4 Å². The van der Waals surface area contributed by atoms with Crippen molar-refractivity contribution in [3.8, 4) is 5.75 Å². The second kappa shape index (κ2) is 7.33. The average Bonchev–Trinajstić information content (AvgIpc) is 2.45. The minimum atomic E-state index is -1.27. The molecule has 0 aliphatic rings. The summed E-state index contributed by atoms with van der Waals surface area (Å²) in [4.78, 5) is 11.5. The third kappa shape index (κ3) is 4.65. The molecule has 0 heterocycles. The first-order valence-electron chi connectivity index (χ1n) is 6.10. The summed E-state index contributed by atoms with van der Waals surface area (Å²) in [5.74, 6) is -0.724. The highest BCUT2D eigenvalue weighted by atomic mass is 35.5. The molecule has 0 aromatic heterocycles. The number of halogens is 2. The van der Waals surface area contributed by atoms with Gasteiger partial charge in [0.05, 0.1) is 12.2 Å². The Kier molecular flexibility index (Phi) is 5.47. The summed E-state index contributed by atoms with van der Waals surface area (Å²) in [5, 5.41) is 9.45. The molecule has 0 saturated heterocycles. The van der Waals surface area contributed by atoms with Gasteiger partial charge in [-0.05, 0) is 36.4 Å². The number of hydrogen-bond acceptors (Lipinski definition) is 3. The van der Waals surface area contributed by atoms with Crippen LogP contribution in [0.1, 0.15) is 10.4 Å². The van der Waals surface area contributed by atoms with E-state index in [0.29, 0.717) is 28.0 Å². The van der Waals surface area contributed by atoms with Crippen LogP contribution in [0.4, 0.5) is 4.39 Å². The lowest BCUT2D eigenvalue weighted by molar-refractivity contribution is 0.0691. The lowest BCUT2D eigenvalue weighted by Crippen LogP contribution is -2.02. The molecule has 0 aliphatic heterocycles. The monoisotopic (exact) mass is 326 g/mol. The summed E-state index contributed by atoms with van der Waals surface area (Å²) >= 11 is 7.24. The Morgan fingerprint density at radius 3 is 2.81 bits per heavy atom. The zero-order chi connectivity index (χ0) is 15.2. The number of carboxylic acid groups (broad SMARTS) is 1. The number of ether oxygens (including phenoxy) is 1. The van der Waals surface area contributed by atoms with Crippen LogP contribution in [-0.4, -0.2) is 23.4 Å². The van der Waals surface area contributed by atoms with Crippen molar-refractivity contribution in [2.24, 2.45) is 0 Å². The molecule has 0 fully saturated rings. The Hall–Kier alpha value is -1.72. The highest BCUT2D eigenvalue weighted by Crippen LogP contribution is 2.22. The van der Waals surface area contributed by atoms with E-state index in [0.717, 1.165) is 6.07 Å². The van der Waals surface area contributed by atoms with Crippen molar-refractivity contribution in [2.75, 3.05) is 12.4 Å². The summed E-state index contributed by atoms with van der Waals surface area (Å²) in [7, 11) is 0. The molecule has 1 N–H and O–H groups in total. The number of benzene rings is 2.